The maximum atomic E-state index is 6.23. The zero-order chi connectivity index (χ0) is 13.6. The standard InChI is InChI=1S/C14H10Cl2N2S/c1-7-6-11(19-8(7)2)14-17-10-5-3-4-9(15)12(10)13(16)18-14/h3-6H,1-2H3. The maximum absolute atomic E-state index is 6.23. The molecule has 0 bridgehead atoms. The number of hydrogen-bond donors (Lipinski definition) is 0. The molecule has 0 saturated carbocycles. The molecule has 0 saturated heterocycles. The van der Waals surface area contributed by atoms with Gasteiger partial charge in [-0.1, -0.05) is 29.3 Å². The monoisotopic (exact) mass is 308 g/mol. The highest BCUT2D eigenvalue weighted by molar-refractivity contribution is 7.15. The molecule has 5 heteroatoms. The van der Waals surface area contributed by atoms with Gasteiger partial charge in [0.1, 0.15) is 5.15 Å². The fraction of sp³-hybridized carbons (Fsp3) is 0.143. The first kappa shape index (κ1) is 12.9. The van der Waals surface area contributed by atoms with E-state index in [0.29, 0.717) is 21.4 Å². The number of halogens is 2. The third-order valence-corrected chi connectivity index (χ3v) is 4.75. The summed E-state index contributed by atoms with van der Waals surface area (Å²) in [6.45, 7) is 4.16. The van der Waals surface area contributed by atoms with Crippen LogP contribution >= 0.6 is 34.5 Å². The summed E-state index contributed by atoms with van der Waals surface area (Å²) in [5.41, 5.74) is 2.01. The van der Waals surface area contributed by atoms with Crippen LogP contribution in [0.25, 0.3) is 21.6 Å². The number of aryl methyl sites for hydroxylation is 2. The summed E-state index contributed by atoms with van der Waals surface area (Å²) in [4.78, 5) is 11.2. The molecule has 2 heterocycles. The first-order chi connectivity index (χ1) is 9.06. The van der Waals surface area contributed by atoms with Gasteiger partial charge in [-0.15, -0.1) is 11.3 Å². The summed E-state index contributed by atoms with van der Waals surface area (Å²) < 4.78 is 0. The highest BCUT2D eigenvalue weighted by Gasteiger charge is 2.12. The van der Waals surface area contributed by atoms with Gasteiger partial charge in [0.2, 0.25) is 0 Å². The van der Waals surface area contributed by atoms with E-state index in [-0.39, 0.29) is 0 Å². The quantitative estimate of drug-likeness (QED) is 0.571. The van der Waals surface area contributed by atoms with Crippen LogP contribution in [0.1, 0.15) is 10.4 Å². The largest absolute Gasteiger partial charge is 0.227 e. The number of nitrogens with zero attached hydrogens (tertiary/aromatic N) is 2. The predicted octanol–water partition coefficient (Wildman–Crippen LogP) is 5.28. The van der Waals surface area contributed by atoms with Crippen molar-refractivity contribution in [2.75, 3.05) is 0 Å². The molecular formula is C14H10Cl2N2S. The Labute approximate surface area is 125 Å². The van der Waals surface area contributed by atoms with Crippen molar-refractivity contribution in [2.45, 2.75) is 13.8 Å². The van der Waals surface area contributed by atoms with E-state index in [1.165, 1.54) is 10.4 Å². The highest BCUT2D eigenvalue weighted by atomic mass is 35.5. The molecule has 3 aromatic rings. The molecule has 0 atom stereocenters. The van der Waals surface area contributed by atoms with E-state index in [4.69, 9.17) is 23.2 Å². The molecule has 0 aliphatic heterocycles. The first-order valence-electron chi connectivity index (χ1n) is 5.75. The molecule has 19 heavy (non-hydrogen) atoms. The van der Waals surface area contributed by atoms with Crippen molar-refractivity contribution in [1.82, 2.24) is 9.97 Å². The molecule has 0 fully saturated rings. The highest BCUT2D eigenvalue weighted by Crippen LogP contribution is 2.33. The average molecular weight is 309 g/mol. The van der Waals surface area contributed by atoms with Crippen molar-refractivity contribution in [1.29, 1.82) is 0 Å². The van der Waals surface area contributed by atoms with Crippen LogP contribution in [0.3, 0.4) is 0 Å². The molecular weight excluding hydrogens is 299 g/mol. The van der Waals surface area contributed by atoms with Crippen LogP contribution in [-0.4, -0.2) is 9.97 Å². The lowest BCUT2D eigenvalue weighted by Gasteiger charge is -2.04. The lowest BCUT2D eigenvalue weighted by molar-refractivity contribution is 1.24. The molecule has 0 radical (unpaired) electrons. The Morgan fingerprint density at radius 3 is 2.58 bits per heavy atom. The molecule has 0 aliphatic carbocycles. The summed E-state index contributed by atoms with van der Waals surface area (Å²) in [6, 6.07) is 7.63. The Bertz CT molecular complexity index is 761. The van der Waals surface area contributed by atoms with Crippen LogP contribution in [-0.2, 0) is 0 Å². The second kappa shape index (κ2) is 4.75. The topological polar surface area (TPSA) is 25.8 Å². The van der Waals surface area contributed by atoms with Crippen molar-refractivity contribution in [3.63, 3.8) is 0 Å². The van der Waals surface area contributed by atoms with Gasteiger partial charge in [0, 0.05) is 4.88 Å². The number of thiophene rings is 1. The minimum atomic E-state index is 0.398. The number of fused-ring (bicyclic) bond motifs is 1. The fourth-order valence-electron chi connectivity index (χ4n) is 1.89. The fourth-order valence-corrected chi connectivity index (χ4v) is 3.45. The molecule has 96 valence electrons. The van der Waals surface area contributed by atoms with Crippen molar-refractivity contribution in [2.24, 2.45) is 0 Å². The van der Waals surface area contributed by atoms with Crippen molar-refractivity contribution in [3.05, 3.63) is 44.9 Å². The van der Waals surface area contributed by atoms with Crippen molar-refractivity contribution in [3.8, 4) is 10.7 Å². The van der Waals surface area contributed by atoms with E-state index in [1.807, 2.05) is 12.1 Å². The van der Waals surface area contributed by atoms with Gasteiger partial charge in [-0.3, -0.25) is 0 Å². The minimum Gasteiger partial charge on any atom is -0.227 e. The van der Waals surface area contributed by atoms with E-state index in [0.717, 1.165) is 10.4 Å². The summed E-state index contributed by atoms with van der Waals surface area (Å²) >= 11 is 14.0. The van der Waals surface area contributed by atoms with Crippen molar-refractivity contribution < 1.29 is 0 Å². The number of benzene rings is 1. The van der Waals surface area contributed by atoms with Crippen molar-refractivity contribution >= 4 is 45.4 Å². The Hall–Kier alpha value is -1.16. The summed E-state index contributed by atoms with van der Waals surface area (Å²) in [6.07, 6.45) is 0. The first-order valence-corrected chi connectivity index (χ1v) is 7.32. The Balaban J connectivity index is 2.26. The molecule has 0 spiro atoms. The molecule has 1 aromatic carbocycles. The second-order valence-corrected chi connectivity index (χ2v) is 6.34. The molecule has 0 N–H and O–H groups in total. The van der Waals surface area contributed by atoms with Gasteiger partial charge in [-0.2, -0.15) is 0 Å². The molecule has 2 nitrogen and oxygen atoms in total. The third kappa shape index (κ3) is 2.22. The molecule has 0 amide bonds. The number of rotatable bonds is 1. The van der Waals surface area contributed by atoms with Crippen LogP contribution in [0.2, 0.25) is 10.2 Å². The van der Waals surface area contributed by atoms with Crippen LogP contribution < -0.4 is 0 Å². The van der Waals surface area contributed by atoms with Gasteiger partial charge < -0.3 is 0 Å². The van der Waals surface area contributed by atoms with Crippen LogP contribution in [0.4, 0.5) is 0 Å². The van der Waals surface area contributed by atoms with Gasteiger partial charge in [0.15, 0.2) is 5.82 Å². The number of aromatic nitrogens is 2. The SMILES string of the molecule is Cc1cc(-c2nc(Cl)c3c(Cl)cccc3n2)sc1C. The molecule has 3 rings (SSSR count). The van der Waals surface area contributed by atoms with Crippen LogP contribution in [0.5, 0.6) is 0 Å². The van der Waals surface area contributed by atoms with Crippen LogP contribution in [0.15, 0.2) is 24.3 Å². The van der Waals surface area contributed by atoms with E-state index < -0.39 is 0 Å². The van der Waals surface area contributed by atoms with E-state index in [2.05, 4.69) is 29.9 Å². The second-order valence-electron chi connectivity index (χ2n) is 4.32. The Morgan fingerprint density at radius 2 is 1.89 bits per heavy atom. The van der Waals surface area contributed by atoms with Gasteiger partial charge >= 0.3 is 0 Å². The Morgan fingerprint density at radius 1 is 1.11 bits per heavy atom. The lowest BCUT2D eigenvalue weighted by Crippen LogP contribution is -1.90. The maximum Gasteiger partial charge on any atom is 0.171 e. The summed E-state index contributed by atoms with van der Waals surface area (Å²) in [5, 5.41) is 1.68. The molecule has 2 aromatic heterocycles. The van der Waals surface area contributed by atoms with E-state index in [9.17, 15) is 0 Å². The zero-order valence-corrected chi connectivity index (χ0v) is 12.7. The third-order valence-electron chi connectivity index (χ3n) is 3.01. The molecule has 0 aliphatic rings. The smallest absolute Gasteiger partial charge is 0.171 e. The number of hydrogen-bond acceptors (Lipinski definition) is 3. The summed E-state index contributed by atoms with van der Waals surface area (Å²) in [7, 11) is 0. The predicted molar refractivity (Wildman–Crippen MR) is 82.3 cm³/mol. The average Bonchev–Trinajstić information content (AvgIpc) is 2.69. The van der Waals surface area contributed by atoms with Gasteiger partial charge in [0.05, 0.1) is 20.8 Å². The zero-order valence-electron chi connectivity index (χ0n) is 10.4. The Kier molecular flexibility index (Phi) is 3.21. The summed E-state index contributed by atoms with van der Waals surface area (Å²) in [5.74, 6) is 0.654. The molecule has 0 unspecified atom stereocenters. The lowest BCUT2D eigenvalue weighted by atomic mass is 10.2. The van der Waals surface area contributed by atoms with Gasteiger partial charge in [-0.05, 0) is 37.6 Å². The van der Waals surface area contributed by atoms with Crippen LogP contribution in [0, 0.1) is 13.8 Å². The van der Waals surface area contributed by atoms with Gasteiger partial charge in [-0.25, -0.2) is 9.97 Å². The van der Waals surface area contributed by atoms with E-state index >= 15 is 0 Å². The van der Waals surface area contributed by atoms with Gasteiger partial charge in [0.25, 0.3) is 0 Å². The minimum absolute atomic E-state index is 0.398. The van der Waals surface area contributed by atoms with E-state index in [1.54, 1.807) is 17.4 Å². The normalized spacial score (nSPS) is 11.2.